The zero-order valence-corrected chi connectivity index (χ0v) is 13.6. The highest BCUT2D eigenvalue weighted by atomic mass is 32.1. The molecule has 0 aliphatic carbocycles. The molecular formula is C16H23N3OS. The van der Waals surface area contributed by atoms with Gasteiger partial charge in [-0.3, -0.25) is 0 Å². The first-order valence-corrected chi connectivity index (χ1v) is 8.16. The van der Waals surface area contributed by atoms with Crippen LogP contribution in [0.5, 0.6) is 0 Å². The zero-order chi connectivity index (χ0) is 14.9. The number of ether oxygens (including phenoxy) is 1. The molecule has 1 N–H and O–H groups in total. The maximum atomic E-state index is 4.99. The molecular weight excluding hydrogens is 282 g/mol. The second kappa shape index (κ2) is 8.87. The minimum absolute atomic E-state index is 0.763. The Bertz CT molecular complexity index is 542. The maximum absolute atomic E-state index is 4.99. The van der Waals surface area contributed by atoms with E-state index in [9.17, 15) is 0 Å². The fourth-order valence-corrected chi connectivity index (χ4v) is 3.04. The minimum atomic E-state index is 0.763. The molecule has 0 unspecified atom stereocenters. The summed E-state index contributed by atoms with van der Waals surface area (Å²) >= 11 is 1.73. The highest BCUT2D eigenvalue weighted by Crippen LogP contribution is 2.16. The largest absolute Gasteiger partial charge is 0.383 e. The lowest BCUT2D eigenvalue weighted by molar-refractivity contribution is 0.199. The van der Waals surface area contributed by atoms with E-state index in [0.717, 1.165) is 49.0 Å². The van der Waals surface area contributed by atoms with E-state index in [1.165, 1.54) is 11.1 Å². The van der Waals surface area contributed by atoms with Crippen LogP contribution >= 0.6 is 11.3 Å². The minimum Gasteiger partial charge on any atom is -0.383 e. The van der Waals surface area contributed by atoms with Crippen LogP contribution < -0.4 is 5.32 Å². The van der Waals surface area contributed by atoms with E-state index in [1.807, 2.05) is 0 Å². The van der Waals surface area contributed by atoms with Crippen molar-refractivity contribution in [1.29, 1.82) is 0 Å². The first-order chi connectivity index (χ1) is 10.3. The molecule has 21 heavy (non-hydrogen) atoms. The molecule has 0 spiro atoms. The topological polar surface area (TPSA) is 47.0 Å². The van der Waals surface area contributed by atoms with E-state index in [4.69, 9.17) is 4.74 Å². The molecule has 0 radical (unpaired) electrons. The predicted octanol–water partition coefficient (Wildman–Crippen LogP) is 2.61. The molecule has 0 amide bonds. The van der Waals surface area contributed by atoms with Gasteiger partial charge in [0.15, 0.2) is 0 Å². The number of nitrogens with one attached hydrogen (secondary N) is 1. The highest BCUT2D eigenvalue weighted by Gasteiger charge is 2.05. The number of rotatable bonds is 9. The number of hydrogen-bond acceptors (Lipinski definition) is 5. The van der Waals surface area contributed by atoms with Crippen molar-refractivity contribution in [3.05, 3.63) is 45.4 Å². The molecule has 0 saturated carbocycles. The van der Waals surface area contributed by atoms with Gasteiger partial charge in [0.25, 0.3) is 0 Å². The molecule has 0 fully saturated rings. The number of nitrogens with zero attached hydrogens (tertiary/aromatic N) is 2. The average Bonchev–Trinajstić information content (AvgIpc) is 2.90. The second-order valence-corrected chi connectivity index (χ2v) is 6.25. The van der Waals surface area contributed by atoms with Gasteiger partial charge >= 0.3 is 0 Å². The Labute approximate surface area is 130 Å². The summed E-state index contributed by atoms with van der Waals surface area (Å²) in [5.74, 6) is 0. The Balaban J connectivity index is 1.74. The van der Waals surface area contributed by atoms with E-state index >= 15 is 0 Å². The van der Waals surface area contributed by atoms with E-state index in [-0.39, 0.29) is 0 Å². The van der Waals surface area contributed by atoms with Crippen molar-refractivity contribution in [3.63, 3.8) is 0 Å². The smallest absolute Gasteiger partial charge is 0.121 e. The predicted molar refractivity (Wildman–Crippen MR) is 87.0 cm³/mol. The van der Waals surface area contributed by atoms with Gasteiger partial charge in [0.05, 0.1) is 6.61 Å². The van der Waals surface area contributed by atoms with Crippen LogP contribution in [0, 0.1) is 6.92 Å². The molecule has 4 nitrogen and oxygen atoms in total. The van der Waals surface area contributed by atoms with Gasteiger partial charge in [-0.1, -0.05) is 29.8 Å². The third-order valence-corrected chi connectivity index (χ3v) is 4.16. The summed E-state index contributed by atoms with van der Waals surface area (Å²) in [5.41, 5.74) is 2.60. The van der Waals surface area contributed by atoms with E-state index < -0.39 is 0 Å². The highest BCUT2D eigenvalue weighted by molar-refractivity contribution is 7.11. The van der Waals surface area contributed by atoms with Crippen molar-refractivity contribution >= 4 is 11.3 Å². The van der Waals surface area contributed by atoms with Gasteiger partial charge in [-0.25, -0.2) is 0 Å². The Morgan fingerprint density at radius 2 is 2.05 bits per heavy atom. The summed E-state index contributed by atoms with van der Waals surface area (Å²) in [6.07, 6.45) is 2.96. The molecule has 0 bridgehead atoms. The third kappa shape index (κ3) is 5.91. The van der Waals surface area contributed by atoms with Crippen LogP contribution in [-0.4, -0.2) is 37.0 Å². The normalized spacial score (nSPS) is 11.0. The number of hydrogen-bond donors (Lipinski definition) is 1. The van der Waals surface area contributed by atoms with Crippen molar-refractivity contribution in [3.8, 4) is 0 Å². The Kier molecular flexibility index (Phi) is 6.79. The quantitative estimate of drug-likeness (QED) is 0.723. The fraction of sp³-hybridized carbons (Fsp3) is 0.500. The van der Waals surface area contributed by atoms with Gasteiger partial charge in [-0.15, -0.1) is 21.5 Å². The van der Waals surface area contributed by atoms with E-state index in [2.05, 4.69) is 46.7 Å². The van der Waals surface area contributed by atoms with Gasteiger partial charge in [0.1, 0.15) is 10.0 Å². The van der Waals surface area contributed by atoms with Crippen LogP contribution in [0.15, 0.2) is 24.3 Å². The lowest BCUT2D eigenvalue weighted by atomic mass is 10.1. The fourth-order valence-electron chi connectivity index (χ4n) is 2.12. The SMILES string of the molecule is COCCNCCCc1nnc(Cc2cccc(C)c2)s1. The molecule has 1 aromatic carbocycles. The van der Waals surface area contributed by atoms with Crippen molar-refractivity contribution in [2.24, 2.45) is 0 Å². The molecule has 1 heterocycles. The van der Waals surface area contributed by atoms with Crippen LogP contribution in [0.3, 0.4) is 0 Å². The Morgan fingerprint density at radius 1 is 1.19 bits per heavy atom. The average molecular weight is 305 g/mol. The summed E-state index contributed by atoms with van der Waals surface area (Å²) in [6.45, 7) is 4.78. The molecule has 2 aromatic rings. The molecule has 5 heteroatoms. The van der Waals surface area contributed by atoms with Gasteiger partial charge in [0, 0.05) is 26.5 Å². The zero-order valence-electron chi connectivity index (χ0n) is 12.8. The number of benzene rings is 1. The van der Waals surface area contributed by atoms with Crippen LogP contribution in [0.4, 0.5) is 0 Å². The van der Waals surface area contributed by atoms with Gasteiger partial charge < -0.3 is 10.1 Å². The summed E-state index contributed by atoms with van der Waals surface area (Å²) in [7, 11) is 1.72. The molecule has 0 saturated heterocycles. The third-order valence-electron chi connectivity index (χ3n) is 3.17. The summed E-state index contributed by atoms with van der Waals surface area (Å²) < 4.78 is 4.99. The second-order valence-electron chi connectivity index (χ2n) is 5.10. The number of aromatic nitrogens is 2. The van der Waals surface area contributed by atoms with Crippen molar-refractivity contribution in [1.82, 2.24) is 15.5 Å². The van der Waals surface area contributed by atoms with Crippen molar-refractivity contribution in [2.45, 2.75) is 26.2 Å². The Morgan fingerprint density at radius 3 is 2.86 bits per heavy atom. The molecule has 1 aromatic heterocycles. The number of aryl methyl sites for hydroxylation is 2. The van der Waals surface area contributed by atoms with Crippen LogP contribution in [0.1, 0.15) is 27.6 Å². The molecule has 114 valence electrons. The van der Waals surface area contributed by atoms with Crippen LogP contribution in [0.2, 0.25) is 0 Å². The summed E-state index contributed by atoms with van der Waals surface area (Å²) in [4.78, 5) is 0. The lowest BCUT2D eigenvalue weighted by Gasteiger charge is -2.01. The molecule has 0 aliphatic heterocycles. The maximum Gasteiger partial charge on any atom is 0.121 e. The number of methoxy groups -OCH3 is 1. The standard InChI is InChI=1S/C16H23N3OS/c1-13-5-3-6-14(11-13)12-16-19-18-15(21-16)7-4-8-17-9-10-20-2/h3,5-6,11,17H,4,7-10,12H2,1-2H3. The first-order valence-electron chi connectivity index (χ1n) is 7.34. The lowest BCUT2D eigenvalue weighted by Crippen LogP contribution is -2.20. The molecule has 0 atom stereocenters. The van der Waals surface area contributed by atoms with Crippen LogP contribution in [0.25, 0.3) is 0 Å². The van der Waals surface area contributed by atoms with E-state index in [1.54, 1.807) is 18.4 Å². The van der Waals surface area contributed by atoms with Gasteiger partial charge in [-0.2, -0.15) is 0 Å². The molecule has 0 aliphatic rings. The first kappa shape index (κ1) is 16.1. The van der Waals surface area contributed by atoms with E-state index in [0.29, 0.717) is 0 Å². The van der Waals surface area contributed by atoms with Crippen molar-refractivity contribution in [2.75, 3.05) is 26.8 Å². The summed E-state index contributed by atoms with van der Waals surface area (Å²) in [6, 6.07) is 8.57. The van der Waals surface area contributed by atoms with Crippen LogP contribution in [-0.2, 0) is 17.6 Å². The summed E-state index contributed by atoms with van der Waals surface area (Å²) in [5, 5.41) is 14.2. The monoisotopic (exact) mass is 305 g/mol. The Hall–Kier alpha value is -1.30. The molecule has 2 rings (SSSR count). The van der Waals surface area contributed by atoms with Gasteiger partial charge in [0.2, 0.25) is 0 Å². The van der Waals surface area contributed by atoms with Gasteiger partial charge in [-0.05, 0) is 25.5 Å². The van der Waals surface area contributed by atoms with Crippen molar-refractivity contribution < 1.29 is 4.74 Å².